The molecular formula is C18H18N2O4. The molecule has 1 heterocycles. The standard InChI is InChI=1S/C18H18N2O4/c19-13(17(21)22)9-11-5-1-3-7-14(11)20-15-8-4-2-6-12(15)10-16(20)18(23)24/h1-8,13,16H,9-10,19H2,(H,21,22)(H,23,24)/t13-,16-/m0/s1. The fourth-order valence-electron chi connectivity index (χ4n) is 3.12. The first-order chi connectivity index (χ1) is 11.5. The van der Waals surface area contributed by atoms with E-state index in [9.17, 15) is 14.7 Å². The Kier molecular flexibility index (Phi) is 4.22. The Labute approximate surface area is 139 Å². The van der Waals surface area contributed by atoms with Crippen molar-refractivity contribution >= 4 is 23.3 Å². The van der Waals surface area contributed by atoms with E-state index in [1.807, 2.05) is 36.4 Å². The van der Waals surface area contributed by atoms with E-state index >= 15 is 0 Å². The highest BCUT2D eigenvalue weighted by atomic mass is 16.4. The lowest BCUT2D eigenvalue weighted by molar-refractivity contribution is -0.139. The van der Waals surface area contributed by atoms with Crippen LogP contribution in [0.2, 0.25) is 0 Å². The SMILES string of the molecule is N[C@@H](Cc1ccccc1N1c2ccccc2C[C@H]1C(=O)O)C(=O)O. The summed E-state index contributed by atoms with van der Waals surface area (Å²) in [5.74, 6) is -2.00. The van der Waals surface area contributed by atoms with E-state index < -0.39 is 24.0 Å². The lowest BCUT2D eigenvalue weighted by atomic mass is 10.0. The average molecular weight is 326 g/mol. The number of aliphatic carboxylic acids is 2. The summed E-state index contributed by atoms with van der Waals surface area (Å²) in [7, 11) is 0. The molecule has 2 aromatic rings. The molecule has 24 heavy (non-hydrogen) atoms. The predicted molar refractivity (Wildman–Crippen MR) is 89.5 cm³/mol. The van der Waals surface area contributed by atoms with E-state index in [2.05, 4.69) is 0 Å². The molecule has 0 aromatic heterocycles. The number of rotatable bonds is 5. The molecule has 0 radical (unpaired) electrons. The second kappa shape index (κ2) is 6.33. The Bertz CT molecular complexity index is 790. The van der Waals surface area contributed by atoms with Gasteiger partial charge in [0.1, 0.15) is 12.1 Å². The number of hydrogen-bond donors (Lipinski definition) is 3. The number of para-hydroxylation sites is 2. The van der Waals surface area contributed by atoms with Crippen molar-refractivity contribution < 1.29 is 19.8 Å². The lowest BCUT2D eigenvalue weighted by Crippen LogP contribution is -2.37. The molecule has 0 spiro atoms. The van der Waals surface area contributed by atoms with Gasteiger partial charge in [0.15, 0.2) is 0 Å². The second-order valence-electron chi connectivity index (χ2n) is 5.83. The Morgan fingerprint density at radius 2 is 1.71 bits per heavy atom. The highest BCUT2D eigenvalue weighted by Gasteiger charge is 2.36. The zero-order chi connectivity index (χ0) is 17.3. The van der Waals surface area contributed by atoms with Crippen LogP contribution in [0.5, 0.6) is 0 Å². The molecule has 6 nitrogen and oxygen atoms in total. The van der Waals surface area contributed by atoms with E-state index in [0.29, 0.717) is 12.1 Å². The second-order valence-corrected chi connectivity index (χ2v) is 5.83. The third kappa shape index (κ3) is 2.83. The van der Waals surface area contributed by atoms with E-state index in [4.69, 9.17) is 10.8 Å². The summed E-state index contributed by atoms with van der Waals surface area (Å²) in [5.41, 5.74) is 8.87. The van der Waals surface area contributed by atoms with Gasteiger partial charge < -0.3 is 20.8 Å². The van der Waals surface area contributed by atoms with Gasteiger partial charge in [-0.2, -0.15) is 0 Å². The van der Waals surface area contributed by atoms with E-state index in [0.717, 1.165) is 16.8 Å². The van der Waals surface area contributed by atoms with Crippen LogP contribution in [0.15, 0.2) is 48.5 Å². The maximum absolute atomic E-state index is 11.7. The van der Waals surface area contributed by atoms with Crippen LogP contribution in [0.3, 0.4) is 0 Å². The van der Waals surface area contributed by atoms with Crippen molar-refractivity contribution in [1.82, 2.24) is 0 Å². The molecule has 2 atom stereocenters. The molecule has 0 saturated heterocycles. The number of nitrogens with zero attached hydrogens (tertiary/aromatic N) is 1. The molecule has 1 aliphatic rings. The van der Waals surface area contributed by atoms with Gasteiger partial charge in [-0.05, 0) is 23.3 Å². The summed E-state index contributed by atoms with van der Waals surface area (Å²) < 4.78 is 0. The summed E-state index contributed by atoms with van der Waals surface area (Å²) in [6.07, 6.45) is 0.543. The molecule has 0 unspecified atom stereocenters. The monoisotopic (exact) mass is 326 g/mol. The third-order valence-electron chi connectivity index (χ3n) is 4.27. The van der Waals surface area contributed by atoms with Gasteiger partial charge in [0.25, 0.3) is 0 Å². The van der Waals surface area contributed by atoms with E-state index in [1.54, 1.807) is 17.0 Å². The van der Waals surface area contributed by atoms with Crippen molar-refractivity contribution in [3.63, 3.8) is 0 Å². The van der Waals surface area contributed by atoms with Gasteiger partial charge in [-0.3, -0.25) is 4.79 Å². The van der Waals surface area contributed by atoms with Gasteiger partial charge in [-0.1, -0.05) is 36.4 Å². The van der Waals surface area contributed by atoms with Crippen molar-refractivity contribution in [3.05, 3.63) is 59.7 Å². The zero-order valence-corrected chi connectivity index (χ0v) is 12.9. The molecule has 2 aromatic carbocycles. The molecular weight excluding hydrogens is 308 g/mol. The van der Waals surface area contributed by atoms with Crippen LogP contribution in [0.4, 0.5) is 11.4 Å². The topological polar surface area (TPSA) is 104 Å². The van der Waals surface area contributed by atoms with Gasteiger partial charge in [0.05, 0.1) is 0 Å². The quantitative estimate of drug-likeness (QED) is 0.774. The Hall–Kier alpha value is -2.86. The Morgan fingerprint density at radius 1 is 1.08 bits per heavy atom. The molecule has 0 fully saturated rings. The minimum absolute atomic E-state index is 0.135. The van der Waals surface area contributed by atoms with Gasteiger partial charge in [-0.25, -0.2) is 4.79 Å². The largest absolute Gasteiger partial charge is 0.480 e. The summed E-state index contributed by atoms with van der Waals surface area (Å²) in [6, 6.07) is 13.0. The van der Waals surface area contributed by atoms with Gasteiger partial charge in [-0.15, -0.1) is 0 Å². The van der Waals surface area contributed by atoms with Crippen molar-refractivity contribution in [2.75, 3.05) is 4.90 Å². The van der Waals surface area contributed by atoms with Gasteiger partial charge >= 0.3 is 11.9 Å². The zero-order valence-electron chi connectivity index (χ0n) is 12.9. The smallest absolute Gasteiger partial charge is 0.327 e. The van der Waals surface area contributed by atoms with Crippen LogP contribution in [0, 0.1) is 0 Å². The molecule has 1 aliphatic heterocycles. The average Bonchev–Trinajstić information content (AvgIpc) is 2.95. The van der Waals surface area contributed by atoms with E-state index in [1.165, 1.54) is 0 Å². The number of hydrogen-bond acceptors (Lipinski definition) is 4. The Balaban J connectivity index is 2.06. The van der Waals surface area contributed by atoms with Gasteiger partial charge in [0, 0.05) is 24.2 Å². The minimum Gasteiger partial charge on any atom is -0.480 e. The number of anilines is 2. The maximum atomic E-state index is 11.7. The summed E-state index contributed by atoms with van der Waals surface area (Å²) in [4.78, 5) is 24.6. The van der Waals surface area contributed by atoms with Crippen LogP contribution < -0.4 is 10.6 Å². The molecule has 0 saturated carbocycles. The van der Waals surface area contributed by atoms with Crippen molar-refractivity contribution in [2.24, 2.45) is 5.73 Å². The van der Waals surface area contributed by atoms with Crippen molar-refractivity contribution in [3.8, 4) is 0 Å². The fourth-order valence-corrected chi connectivity index (χ4v) is 3.12. The number of benzene rings is 2. The fraction of sp³-hybridized carbons (Fsp3) is 0.222. The van der Waals surface area contributed by atoms with Crippen LogP contribution in [-0.4, -0.2) is 34.2 Å². The van der Waals surface area contributed by atoms with E-state index in [-0.39, 0.29) is 6.42 Å². The first-order valence-electron chi connectivity index (χ1n) is 7.65. The highest BCUT2D eigenvalue weighted by molar-refractivity contribution is 5.88. The number of fused-ring (bicyclic) bond motifs is 1. The van der Waals surface area contributed by atoms with Gasteiger partial charge in [0.2, 0.25) is 0 Å². The normalized spacial score (nSPS) is 17.4. The van der Waals surface area contributed by atoms with Crippen LogP contribution >= 0.6 is 0 Å². The molecule has 124 valence electrons. The highest BCUT2D eigenvalue weighted by Crippen LogP contribution is 2.40. The number of nitrogens with two attached hydrogens (primary N) is 1. The predicted octanol–water partition coefficient (Wildman–Crippen LogP) is 1.79. The molecule has 4 N–H and O–H groups in total. The number of carboxylic acids is 2. The molecule has 0 bridgehead atoms. The Morgan fingerprint density at radius 3 is 2.38 bits per heavy atom. The van der Waals surface area contributed by atoms with Crippen LogP contribution in [0.25, 0.3) is 0 Å². The number of carbonyl (C=O) groups is 2. The molecule has 3 rings (SSSR count). The first kappa shape index (κ1) is 16.0. The van der Waals surface area contributed by atoms with Crippen molar-refractivity contribution in [1.29, 1.82) is 0 Å². The minimum atomic E-state index is -1.08. The van der Waals surface area contributed by atoms with Crippen LogP contribution in [-0.2, 0) is 22.4 Å². The molecule has 0 amide bonds. The summed E-state index contributed by atoms with van der Waals surface area (Å²) in [6.45, 7) is 0. The molecule has 6 heteroatoms. The third-order valence-corrected chi connectivity index (χ3v) is 4.27. The maximum Gasteiger partial charge on any atom is 0.327 e. The summed E-state index contributed by atoms with van der Waals surface area (Å²) >= 11 is 0. The summed E-state index contributed by atoms with van der Waals surface area (Å²) in [5, 5.41) is 18.7. The van der Waals surface area contributed by atoms with Crippen molar-refractivity contribution in [2.45, 2.75) is 24.9 Å². The number of carboxylic acid groups (broad SMARTS) is 2. The lowest BCUT2D eigenvalue weighted by Gasteiger charge is -2.27. The van der Waals surface area contributed by atoms with Crippen LogP contribution in [0.1, 0.15) is 11.1 Å². The first-order valence-corrected chi connectivity index (χ1v) is 7.65. The molecule has 0 aliphatic carbocycles.